The topological polar surface area (TPSA) is 40.2 Å². The van der Waals surface area contributed by atoms with Crippen molar-refractivity contribution in [2.45, 2.75) is 25.9 Å². The molecule has 2 heterocycles. The van der Waals surface area contributed by atoms with E-state index in [0.717, 1.165) is 35.3 Å². The van der Waals surface area contributed by atoms with Gasteiger partial charge in [0, 0.05) is 36.3 Å². The normalized spacial score (nSPS) is 21.6. The SMILES string of the molecule is C[C@@H]1CN1C(=O)c1ccc(-c2ccc(C(=O)N3C[C@H]3C)cc2)cc1. The fourth-order valence-corrected chi connectivity index (χ4v) is 2.98. The van der Waals surface area contributed by atoms with Crippen molar-refractivity contribution >= 4 is 11.8 Å². The van der Waals surface area contributed by atoms with Crippen molar-refractivity contribution in [3.05, 3.63) is 59.7 Å². The molecule has 0 bridgehead atoms. The molecule has 2 aliphatic heterocycles. The molecule has 0 aromatic heterocycles. The zero-order chi connectivity index (χ0) is 16.8. The molecule has 0 spiro atoms. The van der Waals surface area contributed by atoms with Gasteiger partial charge >= 0.3 is 0 Å². The van der Waals surface area contributed by atoms with Gasteiger partial charge < -0.3 is 9.80 Å². The first-order valence-corrected chi connectivity index (χ1v) is 8.37. The predicted octanol–water partition coefficient (Wildman–Crippen LogP) is 3.04. The first kappa shape index (κ1) is 14.9. The van der Waals surface area contributed by atoms with Crippen molar-refractivity contribution in [2.24, 2.45) is 0 Å². The largest absolute Gasteiger partial charge is 0.332 e. The molecular weight excluding hydrogens is 300 g/mol. The lowest BCUT2D eigenvalue weighted by Crippen LogP contribution is -2.12. The zero-order valence-electron chi connectivity index (χ0n) is 13.9. The van der Waals surface area contributed by atoms with Gasteiger partial charge in [0.2, 0.25) is 0 Å². The number of hydrogen-bond acceptors (Lipinski definition) is 2. The number of carbonyl (C=O) groups is 2. The number of amides is 2. The molecule has 4 rings (SSSR count). The van der Waals surface area contributed by atoms with Gasteiger partial charge in [-0.2, -0.15) is 0 Å². The van der Waals surface area contributed by atoms with Crippen LogP contribution < -0.4 is 0 Å². The number of carbonyl (C=O) groups excluding carboxylic acids is 2. The van der Waals surface area contributed by atoms with E-state index in [1.54, 1.807) is 0 Å². The van der Waals surface area contributed by atoms with E-state index in [9.17, 15) is 9.59 Å². The Labute approximate surface area is 141 Å². The first-order chi connectivity index (χ1) is 11.5. The van der Waals surface area contributed by atoms with Crippen LogP contribution in [0.4, 0.5) is 0 Å². The minimum absolute atomic E-state index is 0.0996. The molecule has 2 atom stereocenters. The van der Waals surface area contributed by atoms with Crippen LogP contribution in [0.2, 0.25) is 0 Å². The Kier molecular flexibility index (Phi) is 3.41. The number of nitrogens with zero attached hydrogens (tertiary/aromatic N) is 2. The van der Waals surface area contributed by atoms with Crippen molar-refractivity contribution in [1.82, 2.24) is 9.80 Å². The zero-order valence-corrected chi connectivity index (χ0v) is 13.9. The van der Waals surface area contributed by atoms with E-state index in [-0.39, 0.29) is 11.8 Å². The van der Waals surface area contributed by atoms with Crippen molar-refractivity contribution < 1.29 is 9.59 Å². The minimum Gasteiger partial charge on any atom is -0.332 e. The van der Waals surface area contributed by atoms with E-state index in [0.29, 0.717) is 12.1 Å². The van der Waals surface area contributed by atoms with Crippen molar-refractivity contribution in [1.29, 1.82) is 0 Å². The van der Waals surface area contributed by atoms with Crippen LogP contribution in [0.1, 0.15) is 34.6 Å². The summed E-state index contributed by atoms with van der Waals surface area (Å²) in [7, 11) is 0. The molecule has 2 saturated heterocycles. The average Bonchev–Trinajstić information content (AvgIpc) is 3.52. The second kappa shape index (κ2) is 5.48. The van der Waals surface area contributed by atoms with Gasteiger partial charge in [0.25, 0.3) is 11.8 Å². The third-order valence-electron chi connectivity index (χ3n) is 4.84. The Morgan fingerprint density at radius 3 is 1.25 bits per heavy atom. The lowest BCUT2D eigenvalue weighted by molar-refractivity contribution is 0.0868. The number of hydrogen-bond donors (Lipinski definition) is 0. The van der Waals surface area contributed by atoms with Crippen molar-refractivity contribution in [2.75, 3.05) is 13.1 Å². The molecule has 0 radical (unpaired) electrons. The van der Waals surface area contributed by atoms with E-state index >= 15 is 0 Å². The standard InChI is InChI=1S/C20H20N2O2/c1-13-11-21(13)19(23)17-7-3-15(4-8-17)16-5-9-18(10-6-16)20(24)22-12-14(22)2/h3-10,13-14H,11-12H2,1-2H3/t13-,14-,21?,22?/m1/s1. The summed E-state index contributed by atoms with van der Waals surface area (Å²) in [5.74, 6) is 0.199. The highest BCUT2D eigenvalue weighted by atomic mass is 16.2. The van der Waals surface area contributed by atoms with Crippen LogP contribution in [0.15, 0.2) is 48.5 Å². The Balaban J connectivity index is 1.49. The van der Waals surface area contributed by atoms with Gasteiger partial charge in [-0.15, -0.1) is 0 Å². The maximum atomic E-state index is 12.2. The van der Waals surface area contributed by atoms with Crippen LogP contribution in [0, 0.1) is 0 Å². The van der Waals surface area contributed by atoms with Crippen LogP contribution in [-0.4, -0.2) is 46.8 Å². The number of rotatable bonds is 3. The molecule has 0 aliphatic carbocycles. The quantitative estimate of drug-likeness (QED) is 0.816. The predicted molar refractivity (Wildman–Crippen MR) is 92.9 cm³/mol. The second-order valence-corrected chi connectivity index (χ2v) is 6.77. The molecule has 2 aromatic carbocycles. The Bertz CT molecular complexity index is 726. The molecule has 0 N–H and O–H groups in total. The Morgan fingerprint density at radius 1 is 0.708 bits per heavy atom. The molecule has 2 aliphatic rings. The average molecular weight is 320 g/mol. The maximum Gasteiger partial charge on any atom is 0.254 e. The summed E-state index contributed by atoms with van der Waals surface area (Å²) in [4.78, 5) is 28.0. The van der Waals surface area contributed by atoms with Gasteiger partial charge in [-0.3, -0.25) is 9.59 Å². The molecule has 24 heavy (non-hydrogen) atoms. The van der Waals surface area contributed by atoms with Gasteiger partial charge in [0.1, 0.15) is 0 Å². The highest BCUT2D eigenvalue weighted by Gasteiger charge is 2.35. The molecule has 2 fully saturated rings. The monoisotopic (exact) mass is 320 g/mol. The molecule has 122 valence electrons. The molecular formula is C20H20N2O2. The summed E-state index contributed by atoms with van der Waals surface area (Å²) in [6, 6.07) is 16.1. The lowest BCUT2D eigenvalue weighted by Gasteiger charge is -2.07. The first-order valence-electron chi connectivity index (χ1n) is 8.37. The van der Waals surface area contributed by atoms with E-state index < -0.39 is 0 Å². The van der Waals surface area contributed by atoms with Gasteiger partial charge in [0.15, 0.2) is 0 Å². The second-order valence-electron chi connectivity index (χ2n) is 6.77. The van der Waals surface area contributed by atoms with Gasteiger partial charge in [-0.05, 0) is 49.2 Å². The molecule has 2 amide bonds. The molecule has 4 heteroatoms. The summed E-state index contributed by atoms with van der Waals surface area (Å²) in [5, 5.41) is 0. The molecule has 0 unspecified atom stereocenters. The van der Waals surface area contributed by atoms with E-state index in [1.165, 1.54) is 0 Å². The molecule has 4 nitrogen and oxygen atoms in total. The van der Waals surface area contributed by atoms with Crippen LogP contribution >= 0.6 is 0 Å². The fraction of sp³-hybridized carbons (Fsp3) is 0.300. The minimum atomic E-state index is 0.0996. The Hall–Kier alpha value is -2.62. The number of benzene rings is 2. The van der Waals surface area contributed by atoms with Crippen molar-refractivity contribution in [3.8, 4) is 11.1 Å². The smallest absolute Gasteiger partial charge is 0.254 e. The third-order valence-corrected chi connectivity index (χ3v) is 4.84. The summed E-state index contributed by atoms with van der Waals surface area (Å²) >= 11 is 0. The van der Waals surface area contributed by atoms with Crippen LogP contribution in [0.3, 0.4) is 0 Å². The highest BCUT2D eigenvalue weighted by molar-refractivity contribution is 5.97. The maximum absolute atomic E-state index is 12.2. The lowest BCUT2D eigenvalue weighted by atomic mass is 10.0. The molecule has 2 aromatic rings. The van der Waals surface area contributed by atoms with Gasteiger partial charge in [-0.1, -0.05) is 24.3 Å². The highest BCUT2D eigenvalue weighted by Crippen LogP contribution is 2.25. The Morgan fingerprint density at radius 2 is 1.00 bits per heavy atom. The summed E-state index contributed by atoms with van der Waals surface area (Å²) < 4.78 is 0. The van der Waals surface area contributed by atoms with Crippen LogP contribution in [-0.2, 0) is 0 Å². The summed E-state index contributed by atoms with van der Waals surface area (Å²) in [5.41, 5.74) is 3.55. The molecule has 0 saturated carbocycles. The summed E-state index contributed by atoms with van der Waals surface area (Å²) in [6.45, 7) is 5.81. The van der Waals surface area contributed by atoms with E-state index in [4.69, 9.17) is 0 Å². The van der Waals surface area contributed by atoms with Crippen LogP contribution in [0.5, 0.6) is 0 Å². The van der Waals surface area contributed by atoms with Crippen LogP contribution in [0.25, 0.3) is 11.1 Å². The van der Waals surface area contributed by atoms with E-state index in [2.05, 4.69) is 0 Å². The fourth-order valence-electron chi connectivity index (χ4n) is 2.98. The van der Waals surface area contributed by atoms with Gasteiger partial charge in [0.05, 0.1) is 0 Å². The van der Waals surface area contributed by atoms with Crippen molar-refractivity contribution in [3.63, 3.8) is 0 Å². The summed E-state index contributed by atoms with van der Waals surface area (Å²) in [6.07, 6.45) is 0. The third kappa shape index (κ3) is 2.68. The van der Waals surface area contributed by atoms with Gasteiger partial charge in [-0.25, -0.2) is 0 Å². The van der Waals surface area contributed by atoms with E-state index in [1.807, 2.05) is 72.2 Å².